The van der Waals surface area contributed by atoms with E-state index in [1.165, 1.54) is 0 Å². The predicted molar refractivity (Wildman–Crippen MR) is 85.8 cm³/mol. The number of aromatic nitrogens is 2. The molecule has 3 rings (SSSR count). The maximum Gasteiger partial charge on any atom is 0.133 e. The number of rotatable bonds is 4. The largest absolute Gasteiger partial charge is 0.487 e. The number of halogens is 1. The summed E-state index contributed by atoms with van der Waals surface area (Å²) in [6, 6.07) is 14.2. The van der Waals surface area contributed by atoms with Crippen molar-refractivity contribution < 1.29 is 4.74 Å². The van der Waals surface area contributed by atoms with Crippen LogP contribution < -0.4 is 4.74 Å². The summed E-state index contributed by atoms with van der Waals surface area (Å²) in [5.74, 6) is 1.31. The second-order valence-corrected chi connectivity index (χ2v) is 5.34. The molecule has 0 aliphatic heterocycles. The minimum Gasteiger partial charge on any atom is -0.487 e. The Morgan fingerprint density at radius 3 is 2.76 bits per heavy atom. The zero-order valence-corrected chi connectivity index (χ0v) is 12.9. The van der Waals surface area contributed by atoms with Crippen molar-refractivity contribution in [2.45, 2.75) is 19.4 Å². The third-order valence-electron chi connectivity index (χ3n) is 3.62. The Balaban J connectivity index is 1.91. The van der Waals surface area contributed by atoms with Crippen LogP contribution >= 0.6 is 11.6 Å². The van der Waals surface area contributed by atoms with Gasteiger partial charge in [-0.05, 0) is 18.6 Å². The van der Waals surface area contributed by atoms with E-state index in [0.29, 0.717) is 12.5 Å². The van der Waals surface area contributed by atoms with Crippen LogP contribution in [0.15, 0.2) is 42.5 Å². The topological polar surface area (TPSA) is 27.1 Å². The van der Waals surface area contributed by atoms with E-state index in [-0.39, 0.29) is 0 Å². The normalized spacial score (nSPS) is 11.0. The lowest BCUT2D eigenvalue weighted by molar-refractivity contribution is 0.297. The molecule has 3 aromatic rings. The molecular formula is C17H17ClN2O. The second kappa shape index (κ2) is 5.78. The first-order valence-corrected chi connectivity index (χ1v) is 7.42. The highest BCUT2D eigenvalue weighted by Crippen LogP contribution is 2.27. The Morgan fingerprint density at radius 2 is 1.95 bits per heavy atom. The summed E-state index contributed by atoms with van der Waals surface area (Å²) in [7, 11) is 1.95. The van der Waals surface area contributed by atoms with Crippen molar-refractivity contribution in [1.29, 1.82) is 0 Å². The molecule has 0 spiro atoms. The molecule has 2 aromatic carbocycles. The molecule has 1 aromatic heterocycles. The molecule has 0 radical (unpaired) electrons. The molecular weight excluding hydrogens is 284 g/mol. The standard InChI is InChI=1S/C17H17ClN2O/c1-12-6-5-7-13(10-18)17(12)21-11-15-14-8-3-4-9-16(14)20(2)19-15/h3-9H,10-11H2,1-2H3. The number of ether oxygens (including phenoxy) is 1. The van der Waals surface area contributed by atoms with Gasteiger partial charge in [-0.3, -0.25) is 4.68 Å². The number of fused-ring (bicyclic) bond motifs is 1. The first-order chi connectivity index (χ1) is 10.2. The number of hydrogen-bond acceptors (Lipinski definition) is 2. The van der Waals surface area contributed by atoms with Gasteiger partial charge in [0.1, 0.15) is 18.1 Å². The van der Waals surface area contributed by atoms with Crippen LogP contribution in [0, 0.1) is 6.92 Å². The van der Waals surface area contributed by atoms with Crippen molar-refractivity contribution in [3.8, 4) is 5.75 Å². The summed E-state index contributed by atoms with van der Waals surface area (Å²) >= 11 is 5.99. The third kappa shape index (κ3) is 2.61. The highest BCUT2D eigenvalue weighted by molar-refractivity contribution is 6.17. The van der Waals surface area contributed by atoms with Crippen molar-refractivity contribution in [3.05, 3.63) is 59.3 Å². The highest BCUT2D eigenvalue weighted by Gasteiger charge is 2.11. The van der Waals surface area contributed by atoms with Gasteiger partial charge < -0.3 is 4.74 Å². The van der Waals surface area contributed by atoms with Crippen molar-refractivity contribution in [3.63, 3.8) is 0 Å². The van der Waals surface area contributed by atoms with E-state index < -0.39 is 0 Å². The molecule has 4 heteroatoms. The molecule has 1 heterocycles. The van der Waals surface area contributed by atoms with Gasteiger partial charge in [0.2, 0.25) is 0 Å². The van der Waals surface area contributed by atoms with Gasteiger partial charge in [-0.15, -0.1) is 11.6 Å². The van der Waals surface area contributed by atoms with Crippen LogP contribution in [0.25, 0.3) is 10.9 Å². The molecule has 0 amide bonds. The number of nitrogens with zero attached hydrogens (tertiary/aromatic N) is 2. The molecule has 0 aliphatic rings. The van der Waals surface area contributed by atoms with Gasteiger partial charge in [0.05, 0.1) is 11.4 Å². The molecule has 0 bridgehead atoms. The Bertz CT molecular complexity index is 780. The van der Waals surface area contributed by atoms with Gasteiger partial charge in [-0.1, -0.05) is 36.4 Å². The van der Waals surface area contributed by atoms with E-state index >= 15 is 0 Å². The van der Waals surface area contributed by atoms with Crippen LogP contribution in [-0.2, 0) is 19.5 Å². The van der Waals surface area contributed by atoms with E-state index in [1.807, 2.05) is 49.0 Å². The lowest BCUT2D eigenvalue weighted by Crippen LogP contribution is -2.01. The Hall–Kier alpha value is -2.00. The van der Waals surface area contributed by atoms with Crippen LogP contribution in [-0.4, -0.2) is 9.78 Å². The fraction of sp³-hybridized carbons (Fsp3) is 0.235. The molecule has 0 N–H and O–H groups in total. The van der Waals surface area contributed by atoms with E-state index in [0.717, 1.165) is 33.5 Å². The SMILES string of the molecule is Cc1cccc(CCl)c1OCc1nn(C)c2ccccc12. The summed E-state index contributed by atoms with van der Waals surface area (Å²) in [5, 5.41) is 5.67. The summed E-state index contributed by atoms with van der Waals surface area (Å²) in [4.78, 5) is 0. The summed E-state index contributed by atoms with van der Waals surface area (Å²) in [5.41, 5.74) is 4.15. The Kier molecular flexibility index (Phi) is 3.84. The fourth-order valence-electron chi connectivity index (χ4n) is 2.56. The number of hydrogen-bond donors (Lipinski definition) is 0. The average Bonchev–Trinajstić information content (AvgIpc) is 2.83. The molecule has 21 heavy (non-hydrogen) atoms. The van der Waals surface area contributed by atoms with Gasteiger partial charge in [0, 0.05) is 18.0 Å². The smallest absolute Gasteiger partial charge is 0.133 e. The summed E-state index contributed by atoms with van der Waals surface area (Å²) in [6.07, 6.45) is 0. The quantitative estimate of drug-likeness (QED) is 0.675. The Labute approximate surface area is 129 Å². The van der Waals surface area contributed by atoms with E-state index in [4.69, 9.17) is 16.3 Å². The first-order valence-electron chi connectivity index (χ1n) is 6.88. The molecule has 0 saturated carbocycles. The van der Waals surface area contributed by atoms with Crippen LogP contribution in [0.1, 0.15) is 16.8 Å². The van der Waals surface area contributed by atoms with Crippen LogP contribution in [0.3, 0.4) is 0 Å². The van der Waals surface area contributed by atoms with Gasteiger partial charge in [0.15, 0.2) is 0 Å². The highest BCUT2D eigenvalue weighted by atomic mass is 35.5. The van der Waals surface area contributed by atoms with Crippen LogP contribution in [0.2, 0.25) is 0 Å². The van der Waals surface area contributed by atoms with Gasteiger partial charge in [0.25, 0.3) is 0 Å². The second-order valence-electron chi connectivity index (χ2n) is 5.07. The monoisotopic (exact) mass is 300 g/mol. The molecule has 0 saturated heterocycles. The molecule has 3 nitrogen and oxygen atoms in total. The predicted octanol–water partition coefficient (Wildman–Crippen LogP) is 4.20. The van der Waals surface area contributed by atoms with Crippen molar-refractivity contribution in [2.24, 2.45) is 7.05 Å². The van der Waals surface area contributed by atoms with Crippen molar-refractivity contribution in [2.75, 3.05) is 0 Å². The molecule has 0 aliphatic carbocycles. The average molecular weight is 301 g/mol. The lowest BCUT2D eigenvalue weighted by Gasteiger charge is -2.11. The molecule has 0 atom stereocenters. The van der Waals surface area contributed by atoms with Crippen LogP contribution in [0.5, 0.6) is 5.75 Å². The Morgan fingerprint density at radius 1 is 1.14 bits per heavy atom. The maximum absolute atomic E-state index is 6.01. The number of alkyl halides is 1. The fourth-order valence-corrected chi connectivity index (χ4v) is 2.77. The van der Waals surface area contributed by atoms with E-state index in [9.17, 15) is 0 Å². The van der Waals surface area contributed by atoms with Gasteiger partial charge in [-0.2, -0.15) is 5.10 Å². The summed E-state index contributed by atoms with van der Waals surface area (Å²) in [6.45, 7) is 2.47. The van der Waals surface area contributed by atoms with Gasteiger partial charge >= 0.3 is 0 Å². The minimum atomic E-state index is 0.441. The van der Waals surface area contributed by atoms with E-state index in [2.05, 4.69) is 17.2 Å². The van der Waals surface area contributed by atoms with E-state index in [1.54, 1.807) is 0 Å². The number of benzene rings is 2. The molecule has 108 valence electrons. The third-order valence-corrected chi connectivity index (χ3v) is 3.91. The number of para-hydroxylation sites is 2. The first kappa shape index (κ1) is 14.0. The molecule has 0 fully saturated rings. The zero-order chi connectivity index (χ0) is 14.8. The lowest BCUT2D eigenvalue weighted by atomic mass is 10.1. The summed E-state index contributed by atoms with van der Waals surface area (Å²) < 4.78 is 7.89. The van der Waals surface area contributed by atoms with Crippen molar-refractivity contribution >= 4 is 22.5 Å². The zero-order valence-electron chi connectivity index (χ0n) is 12.1. The van der Waals surface area contributed by atoms with Crippen LogP contribution in [0.4, 0.5) is 0 Å². The van der Waals surface area contributed by atoms with Crippen molar-refractivity contribution in [1.82, 2.24) is 9.78 Å². The molecule has 0 unspecified atom stereocenters. The van der Waals surface area contributed by atoms with Gasteiger partial charge in [-0.25, -0.2) is 0 Å². The number of aryl methyl sites for hydroxylation is 2. The minimum absolute atomic E-state index is 0.441. The maximum atomic E-state index is 6.01.